The highest BCUT2D eigenvalue weighted by Gasteiger charge is 2.55. The van der Waals surface area contributed by atoms with E-state index in [1.54, 1.807) is 4.90 Å². The van der Waals surface area contributed by atoms with Crippen molar-refractivity contribution in [3.05, 3.63) is 22.2 Å². The second-order valence-corrected chi connectivity index (χ2v) is 7.59. The SMILES string of the molecule is COc1ccc([N+](=O)[O-])c(OC[C@H]2CC3CC3N2C(=O)OC(C)(C)C)n1. The van der Waals surface area contributed by atoms with Gasteiger partial charge in [-0.3, -0.25) is 15.0 Å². The first-order valence-electron chi connectivity index (χ1n) is 8.53. The summed E-state index contributed by atoms with van der Waals surface area (Å²) < 4.78 is 16.1. The summed E-state index contributed by atoms with van der Waals surface area (Å²) in [6, 6.07) is 2.68. The summed E-state index contributed by atoms with van der Waals surface area (Å²) in [5.74, 6) is 0.562. The number of nitrogens with zero attached hydrogens (tertiary/aromatic N) is 3. The van der Waals surface area contributed by atoms with Gasteiger partial charge < -0.3 is 14.2 Å². The molecule has 2 heterocycles. The highest BCUT2D eigenvalue weighted by atomic mass is 16.6. The van der Waals surface area contributed by atoms with Crippen LogP contribution < -0.4 is 9.47 Å². The molecule has 2 unspecified atom stereocenters. The van der Waals surface area contributed by atoms with Crippen molar-refractivity contribution in [2.45, 2.75) is 51.3 Å². The quantitative estimate of drug-likeness (QED) is 0.583. The molecule has 9 heteroatoms. The molecule has 2 fully saturated rings. The van der Waals surface area contributed by atoms with E-state index in [0.29, 0.717) is 5.92 Å². The number of hydrogen-bond acceptors (Lipinski definition) is 7. The van der Waals surface area contributed by atoms with E-state index in [1.807, 2.05) is 20.8 Å². The predicted molar refractivity (Wildman–Crippen MR) is 91.3 cm³/mol. The lowest BCUT2D eigenvalue weighted by molar-refractivity contribution is -0.386. The van der Waals surface area contributed by atoms with Crippen molar-refractivity contribution in [3.63, 3.8) is 0 Å². The Labute approximate surface area is 151 Å². The summed E-state index contributed by atoms with van der Waals surface area (Å²) in [5, 5.41) is 11.2. The maximum atomic E-state index is 12.5. The van der Waals surface area contributed by atoms with Gasteiger partial charge in [0, 0.05) is 18.2 Å². The van der Waals surface area contributed by atoms with Crippen molar-refractivity contribution in [2.24, 2.45) is 5.92 Å². The summed E-state index contributed by atoms with van der Waals surface area (Å²) in [5.41, 5.74) is -0.819. The zero-order chi connectivity index (χ0) is 19.1. The number of carbonyl (C=O) groups is 1. The van der Waals surface area contributed by atoms with E-state index in [4.69, 9.17) is 14.2 Å². The Hall–Kier alpha value is -2.58. The average Bonchev–Trinajstić information content (AvgIpc) is 3.20. The number of methoxy groups -OCH3 is 1. The molecule has 1 saturated carbocycles. The highest BCUT2D eigenvalue weighted by Crippen LogP contribution is 2.48. The number of aromatic nitrogens is 1. The van der Waals surface area contributed by atoms with Crippen LogP contribution in [0.3, 0.4) is 0 Å². The van der Waals surface area contributed by atoms with Crippen LogP contribution >= 0.6 is 0 Å². The number of fused-ring (bicyclic) bond motifs is 1. The van der Waals surface area contributed by atoms with Crippen LogP contribution in [0, 0.1) is 16.0 Å². The van der Waals surface area contributed by atoms with Crippen molar-refractivity contribution in [1.82, 2.24) is 9.88 Å². The van der Waals surface area contributed by atoms with Crippen LogP contribution in [-0.2, 0) is 4.74 Å². The van der Waals surface area contributed by atoms with E-state index in [9.17, 15) is 14.9 Å². The lowest BCUT2D eigenvalue weighted by Crippen LogP contribution is -2.44. The molecule has 1 saturated heterocycles. The molecule has 3 atom stereocenters. The molecular weight excluding hydrogens is 342 g/mol. The molecule has 9 nitrogen and oxygen atoms in total. The van der Waals surface area contributed by atoms with Crippen LogP contribution in [0.5, 0.6) is 11.8 Å². The van der Waals surface area contributed by atoms with Crippen molar-refractivity contribution in [3.8, 4) is 11.8 Å². The third-order valence-corrected chi connectivity index (χ3v) is 4.45. The zero-order valence-corrected chi connectivity index (χ0v) is 15.3. The van der Waals surface area contributed by atoms with Gasteiger partial charge in [-0.05, 0) is 39.5 Å². The maximum Gasteiger partial charge on any atom is 0.410 e. The monoisotopic (exact) mass is 365 g/mol. The van der Waals surface area contributed by atoms with Crippen LogP contribution in [-0.4, -0.2) is 52.3 Å². The average molecular weight is 365 g/mol. The fourth-order valence-corrected chi connectivity index (χ4v) is 3.26. The standard InChI is InChI=1S/C17H23N3O6/c1-17(2,3)26-16(21)19-11(7-10-8-13(10)19)9-25-15-12(20(22)23)5-6-14(18-15)24-4/h5-6,10-11,13H,7-9H2,1-4H3/t10?,11-,13?/m1/s1. The van der Waals surface area contributed by atoms with Gasteiger partial charge in [-0.1, -0.05) is 0 Å². The number of piperidine rings is 1. The smallest absolute Gasteiger partial charge is 0.410 e. The molecule has 1 amide bonds. The molecule has 3 rings (SSSR count). The second-order valence-electron chi connectivity index (χ2n) is 7.59. The number of ether oxygens (including phenoxy) is 3. The van der Waals surface area contributed by atoms with Gasteiger partial charge in [-0.25, -0.2) is 4.79 Å². The minimum Gasteiger partial charge on any atom is -0.481 e. The van der Waals surface area contributed by atoms with E-state index in [1.165, 1.54) is 19.2 Å². The van der Waals surface area contributed by atoms with Crippen LogP contribution in [0.2, 0.25) is 0 Å². The lowest BCUT2D eigenvalue weighted by atomic mass is 10.2. The molecule has 0 radical (unpaired) electrons. The van der Waals surface area contributed by atoms with E-state index in [0.717, 1.165) is 12.8 Å². The molecule has 0 N–H and O–H groups in total. The van der Waals surface area contributed by atoms with Crippen LogP contribution in [0.4, 0.5) is 10.5 Å². The number of hydrogen-bond donors (Lipinski definition) is 0. The Kier molecular flexibility index (Phi) is 4.64. The molecule has 26 heavy (non-hydrogen) atoms. The Morgan fingerprint density at radius 2 is 2.12 bits per heavy atom. The van der Waals surface area contributed by atoms with Gasteiger partial charge in [-0.15, -0.1) is 0 Å². The first kappa shape index (κ1) is 18.2. The van der Waals surface area contributed by atoms with E-state index in [2.05, 4.69) is 4.98 Å². The Bertz CT molecular complexity index is 717. The fraction of sp³-hybridized carbons (Fsp3) is 0.647. The Morgan fingerprint density at radius 3 is 2.73 bits per heavy atom. The number of carbonyl (C=O) groups excluding carboxylic acids is 1. The van der Waals surface area contributed by atoms with E-state index in [-0.39, 0.29) is 42.2 Å². The minimum atomic E-state index is -0.581. The number of nitro groups is 1. The number of likely N-dealkylation sites (tertiary alicyclic amines) is 1. The highest BCUT2D eigenvalue weighted by molar-refractivity contribution is 5.70. The Balaban J connectivity index is 1.71. The molecule has 1 aromatic heterocycles. The summed E-state index contributed by atoms with van der Waals surface area (Å²) >= 11 is 0. The first-order chi connectivity index (χ1) is 12.2. The normalized spacial score (nSPS) is 24.0. The molecule has 0 aromatic carbocycles. The van der Waals surface area contributed by atoms with Crippen LogP contribution in [0.25, 0.3) is 0 Å². The van der Waals surface area contributed by atoms with E-state index < -0.39 is 10.5 Å². The fourth-order valence-electron chi connectivity index (χ4n) is 3.26. The van der Waals surface area contributed by atoms with Crippen molar-refractivity contribution < 1.29 is 23.9 Å². The summed E-state index contributed by atoms with van der Waals surface area (Å²) in [6.07, 6.45) is 1.39. The number of rotatable bonds is 5. The zero-order valence-electron chi connectivity index (χ0n) is 15.3. The van der Waals surface area contributed by atoms with Crippen LogP contribution in [0.1, 0.15) is 33.6 Å². The topological polar surface area (TPSA) is 104 Å². The molecule has 1 aliphatic carbocycles. The van der Waals surface area contributed by atoms with Crippen molar-refractivity contribution in [2.75, 3.05) is 13.7 Å². The molecule has 142 valence electrons. The van der Waals surface area contributed by atoms with Gasteiger partial charge in [0.15, 0.2) is 0 Å². The second kappa shape index (κ2) is 6.62. The maximum absolute atomic E-state index is 12.5. The molecular formula is C17H23N3O6. The van der Waals surface area contributed by atoms with Gasteiger partial charge in [0.05, 0.1) is 18.1 Å². The van der Waals surface area contributed by atoms with Gasteiger partial charge in [0.25, 0.3) is 5.88 Å². The summed E-state index contributed by atoms with van der Waals surface area (Å²) in [4.78, 5) is 28.8. The van der Waals surface area contributed by atoms with Gasteiger partial charge in [0.1, 0.15) is 12.2 Å². The van der Waals surface area contributed by atoms with Gasteiger partial charge in [-0.2, -0.15) is 4.98 Å². The third-order valence-electron chi connectivity index (χ3n) is 4.45. The summed E-state index contributed by atoms with van der Waals surface area (Å²) in [6.45, 7) is 5.58. The lowest BCUT2D eigenvalue weighted by Gasteiger charge is -2.30. The van der Waals surface area contributed by atoms with Gasteiger partial charge in [0.2, 0.25) is 5.88 Å². The number of pyridine rings is 1. The molecule has 0 spiro atoms. The first-order valence-corrected chi connectivity index (χ1v) is 8.53. The van der Waals surface area contributed by atoms with E-state index >= 15 is 0 Å². The van der Waals surface area contributed by atoms with Gasteiger partial charge >= 0.3 is 11.8 Å². The molecule has 1 aromatic rings. The minimum absolute atomic E-state index is 0.112. The third kappa shape index (κ3) is 3.81. The van der Waals surface area contributed by atoms with Crippen molar-refractivity contribution >= 4 is 11.8 Å². The molecule has 2 aliphatic rings. The largest absolute Gasteiger partial charge is 0.481 e. The Morgan fingerprint density at radius 1 is 1.38 bits per heavy atom. The molecule has 0 bridgehead atoms. The number of amides is 1. The van der Waals surface area contributed by atoms with Crippen molar-refractivity contribution in [1.29, 1.82) is 0 Å². The molecule has 1 aliphatic heterocycles. The summed E-state index contributed by atoms with van der Waals surface area (Å²) in [7, 11) is 1.42. The van der Waals surface area contributed by atoms with Crippen LogP contribution in [0.15, 0.2) is 12.1 Å². The predicted octanol–water partition coefficient (Wildman–Crippen LogP) is 2.78.